The van der Waals surface area contributed by atoms with Gasteiger partial charge in [-0.1, -0.05) is 0 Å². The predicted octanol–water partition coefficient (Wildman–Crippen LogP) is 2.83. The van der Waals surface area contributed by atoms with Gasteiger partial charge in [-0.15, -0.1) is 0 Å². The van der Waals surface area contributed by atoms with E-state index < -0.39 is 4.92 Å². The van der Waals surface area contributed by atoms with E-state index in [-0.39, 0.29) is 11.5 Å². The number of hydrogen-bond acceptors (Lipinski definition) is 5. The standard InChI is InChI=1S/C15H15N3O3/c1-11(19)13-3-4-14(15(9-13)18(20)21)17(2)10-12-5-7-16-8-6-12/h3-9H,10H2,1-2H3. The molecule has 0 N–H and O–H groups in total. The van der Waals surface area contributed by atoms with E-state index in [1.165, 1.54) is 13.0 Å². The average Bonchev–Trinajstić information content (AvgIpc) is 2.47. The van der Waals surface area contributed by atoms with Crippen LogP contribution in [0.2, 0.25) is 0 Å². The Balaban J connectivity index is 2.34. The molecule has 2 aromatic rings. The first-order chi connectivity index (χ1) is 9.99. The molecule has 1 aromatic carbocycles. The maximum absolute atomic E-state index is 11.3. The summed E-state index contributed by atoms with van der Waals surface area (Å²) >= 11 is 0. The maximum atomic E-state index is 11.3. The van der Waals surface area contributed by atoms with Crippen LogP contribution >= 0.6 is 0 Å². The third kappa shape index (κ3) is 3.42. The molecule has 0 amide bonds. The van der Waals surface area contributed by atoms with Gasteiger partial charge in [-0.25, -0.2) is 0 Å². The number of anilines is 1. The number of carbonyl (C=O) groups is 1. The smallest absolute Gasteiger partial charge is 0.293 e. The molecule has 1 aromatic heterocycles. The summed E-state index contributed by atoms with van der Waals surface area (Å²) in [6.07, 6.45) is 3.35. The first-order valence-electron chi connectivity index (χ1n) is 6.38. The summed E-state index contributed by atoms with van der Waals surface area (Å²) < 4.78 is 0. The van der Waals surface area contributed by atoms with Gasteiger partial charge >= 0.3 is 0 Å². The van der Waals surface area contributed by atoms with Gasteiger partial charge in [-0.05, 0) is 36.8 Å². The fourth-order valence-corrected chi connectivity index (χ4v) is 2.06. The van der Waals surface area contributed by atoms with Gasteiger partial charge in [0, 0.05) is 37.6 Å². The van der Waals surface area contributed by atoms with E-state index in [2.05, 4.69) is 4.98 Å². The Morgan fingerprint density at radius 3 is 2.52 bits per heavy atom. The number of carbonyl (C=O) groups excluding carboxylic acids is 1. The van der Waals surface area contributed by atoms with Crippen LogP contribution in [-0.4, -0.2) is 22.7 Å². The summed E-state index contributed by atoms with van der Waals surface area (Å²) in [5.74, 6) is -0.193. The number of pyridine rings is 1. The lowest BCUT2D eigenvalue weighted by Crippen LogP contribution is -2.18. The van der Waals surface area contributed by atoms with Gasteiger partial charge in [-0.2, -0.15) is 0 Å². The molecule has 0 aliphatic heterocycles. The molecule has 6 nitrogen and oxygen atoms in total. The Morgan fingerprint density at radius 1 is 1.29 bits per heavy atom. The fraction of sp³-hybridized carbons (Fsp3) is 0.200. The van der Waals surface area contributed by atoms with Gasteiger partial charge in [-0.3, -0.25) is 19.9 Å². The van der Waals surface area contributed by atoms with E-state index in [1.807, 2.05) is 12.1 Å². The molecule has 108 valence electrons. The predicted molar refractivity (Wildman–Crippen MR) is 79.4 cm³/mol. The zero-order valence-corrected chi connectivity index (χ0v) is 11.8. The number of nitrogens with zero attached hydrogens (tertiary/aromatic N) is 3. The highest BCUT2D eigenvalue weighted by atomic mass is 16.6. The van der Waals surface area contributed by atoms with Crippen LogP contribution in [-0.2, 0) is 6.54 Å². The van der Waals surface area contributed by atoms with Crippen molar-refractivity contribution in [3.8, 4) is 0 Å². The molecule has 0 atom stereocenters. The zero-order chi connectivity index (χ0) is 15.4. The maximum Gasteiger partial charge on any atom is 0.293 e. The van der Waals surface area contributed by atoms with Crippen molar-refractivity contribution in [1.82, 2.24) is 4.98 Å². The lowest BCUT2D eigenvalue weighted by molar-refractivity contribution is -0.384. The largest absolute Gasteiger partial charge is 0.365 e. The quantitative estimate of drug-likeness (QED) is 0.479. The third-order valence-electron chi connectivity index (χ3n) is 3.16. The number of aromatic nitrogens is 1. The summed E-state index contributed by atoms with van der Waals surface area (Å²) in [5, 5.41) is 11.2. The van der Waals surface area contributed by atoms with Gasteiger partial charge in [0.15, 0.2) is 5.78 Å². The molecule has 0 bridgehead atoms. The normalized spacial score (nSPS) is 10.2. The lowest BCUT2D eigenvalue weighted by atomic mass is 10.1. The van der Waals surface area contributed by atoms with Crippen LogP contribution in [0.5, 0.6) is 0 Å². The average molecular weight is 285 g/mol. The first-order valence-corrected chi connectivity index (χ1v) is 6.38. The van der Waals surface area contributed by atoms with Crippen molar-refractivity contribution < 1.29 is 9.72 Å². The molecule has 6 heteroatoms. The van der Waals surface area contributed by atoms with Crippen LogP contribution in [0.25, 0.3) is 0 Å². The Labute approximate surface area is 122 Å². The van der Waals surface area contributed by atoms with Gasteiger partial charge in [0.25, 0.3) is 5.69 Å². The Morgan fingerprint density at radius 2 is 1.95 bits per heavy atom. The molecule has 0 spiro atoms. The van der Waals surface area contributed by atoms with Crippen LogP contribution < -0.4 is 4.90 Å². The molecular formula is C15H15N3O3. The number of nitro groups is 1. The number of benzene rings is 1. The van der Waals surface area contributed by atoms with Crippen molar-refractivity contribution in [1.29, 1.82) is 0 Å². The molecule has 0 radical (unpaired) electrons. The highest BCUT2D eigenvalue weighted by molar-refractivity contribution is 5.95. The van der Waals surface area contributed by atoms with Crippen LogP contribution in [0.1, 0.15) is 22.8 Å². The molecule has 0 aliphatic rings. The van der Waals surface area contributed by atoms with E-state index in [1.54, 1.807) is 36.5 Å². The molecule has 0 saturated heterocycles. The van der Waals surface area contributed by atoms with Crippen LogP contribution in [0.15, 0.2) is 42.7 Å². The summed E-state index contributed by atoms with van der Waals surface area (Å²) in [4.78, 5) is 27.8. The topological polar surface area (TPSA) is 76.3 Å². The van der Waals surface area contributed by atoms with Crippen LogP contribution in [0.3, 0.4) is 0 Å². The first kappa shape index (κ1) is 14.6. The molecular weight excluding hydrogens is 270 g/mol. The summed E-state index contributed by atoms with van der Waals surface area (Å²) in [5.41, 5.74) is 1.74. The van der Waals surface area contributed by atoms with Crippen molar-refractivity contribution in [3.63, 3.8) is 0 Å². The zero-order valence-electron chi connectivity index (χ0n) is 11.8. The van der Waals surface area contributed by atoms with E-state index in [0.717, 1.165) is 5.56 Å². The highest BCUT2D eigenvalue weighted by Gasteiger charge is 2.19. The fourth-order valence-electron chi connectivity index (χ4n) is 2.06. The van der Waals surface area contributed by atoms with E-state index >= 15 is 0 Å². The Kier molecular flexibility index (Phi) is 4.27. The second-order valence-corrected chi connectivity index (χ2v) is 4.73. The monoisotopic (exact) mass is 285 g/mol. The van der Waals surface area contributed by atoms with Gasteiger partial charge in [0.1, 0.15) is 5.69 Å². The van der Waals surface area contributed by atoms with Gasteiger partial charge < -0.3 is 4.90 Å². The molecule has 0 fully saturated rings. The number of Topliss-reactive ketones (excluding diaryl/α,β-unsaturated/α-hetero) is 1. The van der Waals surface area contributed by atoms with Crippen LogP contribution in [0.4, 0.5) is 11.4 Å². The minimum absolute atomic E-state index is 0.0701. The lowest BCUT2D eigenvalue weighted by Gasteiger charge is -2.19. The van der Waals surface area contributed by atoms with Crippen molar-refractivity contribution in [2.45, 2.75) is 13.5 Å². The summed E-state index contributed by atoms with van der Waals surface area (Å²) in [6.45, 7) is 1.90. The molecule has 2 rings (SSSR count). The second kappa shape index (κ2) is 6.13. The van der Waals surface area contributed by atoms with E-state index in [9.17, 15) is 14.9 Å². The van der Waals surface area contributed by atoms with Crippen LogP contribution in [0, 0.1) is 10.1 Å². The molecule has 1 heterocycles. The van der Waals surface area contributed by atoms with Crippen molar-refractivity contribution in [3.05, 3.63) is 64.0 Å². The number of nitro benzene ring substituents is 1. The van der Waals surface area contributed by atoms with Crippen molar-refractivity contribution in [2.24, 2.45) is 0 Å². The number of hydrogen-bond donors (Lipinski definition) is 0. The highest BCUT2D eigenvalue weighted by Crippen LogP contribution is 2.29. The molecule has 0 saturated carbocycles. The molecule has 21 heavy (non-hydrogen) atoms. The van der Waals surface area contributed by atoms with Gasteiger partial charge in [0.05, 0.1) is 4.92 Å². The molecule has 0 aliphatic carbocycles. The number of rotatable bonds is 5. The summed E-state index contributed by atoms with van der Waals surface area (Å²) in [7, 11) is 1.77. The Hall–Kier alpha value is -2.76. The van der Waals surface area contributed by atoms with Crippen molar-refractivity contribution >= 4 is 17.2 Å². The minimum Gasteiger partial charge on any atom is -0.365 e. The van der Waals surface area contributed by atoms with E-state index in [0.29, 0.717) is 17.8 Å². The second-order valence-electron chi connectivity index (χ2n) is 4.73. The SMILES string of the molecule is CC(=O)c1ccc(N(C)Cc2ccncc2)c([N+](=O)[O-])c1. The van der Waals surface area contributed by atoms with Crippen molar-refractivity contribution in [2.75, 3.05) is 11.9 Å². The minimum atomic E-state index is -0.467. The summed E-state index contributed by atoms with van der Waals surface area (Å²) in [6, 6.07) is 8.24. The third-order valence-corrected chi connectivity index (χ3v) is 3.16. The van der Waals surface area contributed by atoms with Gasteiger partial charge in [0.2, 0.25) is 0 Å². The number of ketones is 1. The molecule has 0 unspecified atom stereocenters. The van der Waals surface area contributed by atoms with E-state index in [4.69, 9.17) is 0 Å². The Bertz CT molecular complexity index is 671.